The zero-order chi connectivity index (χ0) is 26.9. The summed E-state index contributed by atoms with van der Waals surface area (Å²) in [7, 11) is 0. The van der Waals surface area contributed by atoms with Crippen molar-refractivity contribution in [3.05, 3.63) is 82.1 Å². The van der Waals surface area contributed by atoms with E-state index in [0.717, 1.165) is 63.3 Å². The Bertz CT molecular complexity index is 1500. The first-order chi connectivity index (χ1) is 18.1. The monoisotopic (exact) mass is 506 g/mol. The lowest BCUT2D eigenvalue weighted by Gasteiger charge is -2.39. The fraction of sp³-hybridized carbons (Fsp3) is 0.412. The molecule has 1 unspecified atom stereocenters. The summed E-state index contributed by atoms with van der Waals surface area (Å²) in [5, 5.41) is 0. The van der Waals surface area contributed by atoms with E-state index in [2.05, 4.69) is 81.7 Å². The molecule has 3 heterocycles. The third-order valence-electron chi connectivity index (χ3n) is 8.97. The number of anilines is 1. The first-order valence-electron chi connectivity index (χ1n) is 14.1. The number of carbonyl (C=O) groups excluding carboxylic acids is 2. The number of rotatable bonds is 4. The largest absolute Gasteiger partial charge is 0.341 e. The van der Waals surface area contributed by atoms with E-state index >= 15 is 0 Å². The number of aryl methyl sites for hydroxylation is 1. The summed E-state index contributed by atoms with van der Waals surface area (Å²) >= 11 is 0. The van der Waals surface area contributed by atoms with E-state index in [4.69, 9.17) is 0 Å². The van der Waals surface area contributed by atoms with Crippen LogP contribution in [-0.2, 0) is 4.79 Å². The molecule has 4 heteroatoms. The maximum atomic E-state index is 14.6. The molecular weight excluding hydrogens is 468 g/mol. The summed E-state index contributed by atoms with van der Waals surface area (Å²) in [6, 6.07) is 15.1. The third-order valence-corrected chi connectivity index (χ3v) is 8.97. The van der Waals surface area contributed by atoms with Gasteiger partial charge in [0.25, 0.3) is 0 Å². The zero-order valence-corrected chi connectivity index (χ0v) is 23.5. The Kier molecular flexibility index (Phi) is 5.79. The minimum Gasteiger partial charge on any atom is -0.341 e. The van der Waals surface area contributed by atoms with Gasteiger partial charge >= 0.3 is 0 Å². The van der Waals surface area contributed by atoms with E-state index in [1.807, 2.05) is 11.0 Å². The Morgan fingerprint density at radius 1 is 0.974 bits per heavy atom. The predicted octanol–water partition coefficient (Wildman–Crippen LogP) is 8.15. The molecule has 4 nitrogen and oxygen atoms in total. The normalized spacial score (nSPS) is 20.5. The van der Waals surface area contributed by atoms with Crippen LogP contribution in [0.1, 0.15) is 110 Å². The Morgan fingerprint density at radius 2 is 1.66 bits per heavy atom. The molecule has 3 aromatic rings. The number of aromatic nitrogens is 1. The van der Waals surface area contributed by atoms with Crippen LogP contribution >= 0.6 is 0 Å². The quantitative estimate of drug-likeness (QED) is 0.335. The molecule has 1 aliphatic carbocycles. The van der Waals surface area contributed by atoms with Gasteiger partial charge in [0.1, 0.15) is 0 Å². The van der Waals surface area contributed by atoms with Gasteiger partial charge in [-0.15, -0.1) is 0 Å². The summed E-state index contributed by atoms with van der Waals surface area (Å²) in [6.45, 7) is 12.2. The van der Waals surface area contributed by atoms with E-state index < -0.39 is 11.5 Å². The summed E-state index contributed by atoms with van der Waals surface area (Å²) in [4.78, 5) is 30.1. The first kappa shape index (κ1) is 24.9. The Hall–Kier alpha value is -3.40. The molecule has 2 aliphatic heterocycles. The molecule has 0 spiro atoms. The van der Waals surface area contributed by atoms with Crippen LogP contribution in [0.2, 0.25) is 0 Å². The minimum atomic E-state index is -0.514. The number of hydrogen-bond donors (Lipinski definition) is 0. The van der Waals surface area contributed by atoms with Gasteiger partial charge in [-0.1, -0.05) is 67.3 Å². The number of nitrogens with zero attached hydrogens (tertiary/aromatic N) is 2. The van der Waals surface area contributed by atoms with Crippen molar-refractivity contribution in [1.82, 2.24) is 4.57 Å². The molecule has 0 saturated heterocycles. The number of allylic oxidation sites excluding steroid dienone is 1. The number of Topliss-reactive ketones (excluding diaryl/α,β-unsaturated/α-hetero) is 1. The Labute approximate surface area is 226 Å². The van der Waals surface area contributed by atoms with Crippen LogP contribution < -0.4 is 4.90 Å². The van der Waals surface area contributed by atoms with E-state index in [0.29, 0.717) is 6.04 Å². The third kappa shape index (κ3) is 3.56. The fourth-order valence-electron chi connectivity index (χ4n) is 7.62. The van der Waals surface area contributed by atoms with E-state index in [9.17, 15) is 9.59 Å². The van der Waals surface area contributed by atoms with Crippen LogP contribution in [0, 0.1) is 13.8 Å². The van der Waals surface area contributed by atoms with Crippen molar-refractivity contribution in [3.63, 3.8) is 0 Å². The average molecular weight is 507 g/mol. The molecule has 1 saturated carbocycles. The first-order valence-corrected chi connectivity index (χ1v) is 14.1. The van der Waals surface area contributed by atoms with Crippen molar-refractivity contribution in [2.75, 3.05) is 4.90 Å². The summed E-state index contributed by atoms with van der Waals surface area (Å²) in [5.41, 5.74) is 9.83. The Morgan fingerprint density at radius 3 is 2.32 bits per heavy atom. The molecule has 2 aromatic carbocycles. The summed E-state index contributed by atoms with van der Waals surface area (Å²) in [6.07, 6.45) is 8.07. The van der Waals surface area contributed by atoms with Gasteiger partial charge in [0.05, 0.1) is 22.8 Å². The molecule has 1 amide bonds. The van der Waals surface area contributed by atoms with Crippen molar-refractivity contribution in [3.8, 4) is 11.3 Å². The van der Waals surface area contributed by atoms with Crippen molar-refractivity contribution < 1.29 is 9.59 Å². The van der Waals surface area contributed by atoms with Gasteiger partial charge in [-0.25, -0.2) is 0 Å². The number of amides is 1. The SMILES string of the molecule is CC(=O)c1c(C2C(=O)N3c4c(cc(C)cc42)C(C)=CC3(C)C)c(-c2ccccc2)n(C2CCCCC2)c1C. The van der Waals surface area contributed by atoms with Crippen molar-refractivity contribution in [2.45, 2.75) is 91.1 Å². The van der Waals surface area contributed by atoms with Gasteiger partial charge in [0.15, 0.2) is 5.78 Å². The molecule has 0 N–H and O–H groups in total. The fourth-order valence-corrected chi connectivity index (χ4v) is 7.62. The summed E-state index contributed by atoms with van der Waals surface area (Å²) < 4.78 is 2.43. The van der Waals surface area contributed by atoms with Crippen LogP contribution in [0.5, 0.6) is 0 Å². The van der Waals surface area contributed by atoms with Gasteiger partial charge in [-0.05, 0) is 77.2 Å². The summed E-state index contributed by atoms with van der Waals surface area (Å²) in [5.74, 6) is -0.408. The molecule has 3 aliphatic rings. The molecular formula is C34H38N2O2. The highest BCUT2D eigenvalue weighted by Crippen LogP contribution is 2.54. The van der Waals surface area contributed by atoms with Crippen LogP contribution in [0.25, 0.3) is 16.8 Å². The molecule has 6 rings (SSSR count). The molecule has 0 radical (unpaired) electrons. The molecule has 1 aromatic heterocycles. The Balaban J connectivity index is 1.70. The maximum Gasteiger partial charge on any atom is 0.239 e. The number of carbonyl (C=O) groups is 2. The van der Waals surface area contributed by atoms with E-state index in [-0.39, 0.29) is 11.7 Å². The molecule has 0 bridgehead atoms. The van der Waals surface area contributed by atoms with Crippen LogP contribution in [0.3, 0.4) is 0 Å². The van der Waals surface area contributed by atoms with Crippen molar-refractivity contribution >= 4 is 23.0 Å². The minimum absolute atomic E-state index is 0.0355. The molecule has 38 heavy (non-hydrogen) atoms. The van der Waals surface area contributed by atoms with Gasteiger partial charge in [0, 0.05) is 28.4 Å². The highest BCUT2D eigenvalue weighted by molar-refractivity contribution is 6.14. The number of ketones is 1. The smallest absolute Gasteiger partial charge is 0.239 e. The second-order valence-electron chi connectivity index (χ2n) is 12.1. The lowest BCUT2D eigenvalue weighted by atomic mass is 9.84. The second kappa shape index (κ2) is 8.83. The maximum absolute atomic E-state index is 14.6. The van der Waals surface area contributed by atoms with E-state index in [1.165, 1.54) is 24.8 Å². The lowest BCUT2D eigenvalue weighted by Crippen LogP contribution is -2.47. The van der Waals surface area contributed by atoms with Crippen LogP contribution in [0.15, 0.2) is 48.5 Å². The zero-order valence-electron chi connectivity index (χ0n) is 23.5. The second-order valence-corrected chi connectivity index (χ2v) is 12.1. The predicted molar refractivity (Wildman–Crippen MR) is 155 cm³/mol. The van der Waals surface area contributed by atoms with Gasteiger partial charge in [-0.2, -0.15) is 0 Å². The standard InChI is InChI=1S/C34H38N2O2/c1-20-17-26-21(2)19-34(5,6)36-32(26)27(18-20)29(33(36)38)30-28(23(4)37)22(3)35(25-15-11-8-12-16-25)31(30)24-13-9-7-10-14-24/h7,9-10,13-14,17-19,25,29H,8,11-12,15-16H2,1-6H3. The van der Waals surface area contributed by atoms with Crippen molar-refractivity contribution in [2.24, 2.45) is 0 Å². The van der Waals surface area contributed by atoms with Crippen LogP contribution in [-0.4, -0.2) is 21.8 Å². The lowest BCUT2D eigenvalue weighted by molar-refractivity contribution is -0.119. The van der Waals surface area contributed by atoms with Crippen LogP contribution in [0.4, 0.5) is 5.69 Å². The number of benzene rings is 2. The highest BCUT2D eigenvalue weighted by Gasteiger charge is 2.50. The van der Waals surface area contributed by atoms with Gasteiger partial charge in [0.2, 0.25) is 5.91 Å². The van der Waals surface area contributed by atoms with E-state index in [1.54, 1.807) is 6.92 Å². The van der Waals surface area contributed by atoms with Crippen molar-refractivity contribution in [1.29, 1.82) is 0 Å². The van der Waals surface area contributed by atoms with Gasteiger partial charge < -0.3 is 9.47 Å². The van der Waals surface area contributed by atoms with Gasteiger partial charge in [-0.3, -0.25) is 9.59 Å². The molecule has 1 atom stereocenters. The topological polar surface area (TPSA) is 42.3 Å². The highest BCUT2D eigenvalue weighted by atomic mass is 16.2. The molecule has 196 valence electrons. The molecule has 1 fully saturated rings. The average Bonchev–Trinajstić information content (AvgIpc) is 3.34. The number of hydrogen-bond acceptors (Lipinski definition) is 2.